The van der Waals surface area contributed by atoms with Gasteiger partial charge in [0.25, 0.3) is 5.91 Å². The molecule has 1 unspecified atom stereocenters. The fourth-order valence-corrected chi connectivity index (χ4v) is 2.55. The molecule has 23 heavy (non-hydrogen) atoms. The second-order valence-corrected chi connectivity index (χ2v) is 6.26. The van der Waals surface area contributed by atoms with Gasteiger partial charge in [-0.3, -0.25) is 4.79 Å². The molecule has 0 aliphatic carbocycles. The highest BCUT2D eigenvalue weighted by atomic mass is 35.5. The Kier molecular flexibility index (Phi) is 7.95. The number of rotatable bonds is 6. The van der Waals surface area contributed by atoms with Gasteiger partial charge in [-0.25, -0.2) is 0 Å². The lowest BCUT2D eigenvalue weighted by atomic mass is 10.1. The van der Waals surface area contributed by atoms with E-state index in [1.165, 1.54) is 7.11 Å². The van der Waals surface area contributed by atoms with Crippen molar-refractivity contribution in [2.75, 3.05) is 26.8 Å². The monoisotopic (exact) mass is 362 g/mol. The van der Waals surface area contributed by atoms with Gasteiger partial charge in [0.1, 0.15) is 0 Å². The highest BCUT2D eigenvalue weighted by molar-refractivity contribution is 6.32. The van der Waals surface area contributed by atoms with Gasteiger partial charge in [0, 0.05) is 18.2 Å². The maximum atomic E-state index is 12.3. The average molecular weight is 363 g/mol. The Morgan fingerprint density at radius 2 is 2.22 bits per heavy atom. The minimum Gasteiger partial charge on any atom is -0.493 e. The van der Waals surface area contributed by atoms with E-state index in [0.29, 0.717) is 34.6 Å². The standard InChI is InChI=1S/C16H23ClN2O3.ClH/c1-10(2)9-22-15-13(17)6-11(7-14(15)21-3)16(20)19-12-4-5-18-8-12;/h6-7,10,12,18H,4-5,8-9H2,1-3H3,(H,19,20);1H. The molecular formula is C16H24Cl2N2O3. The summed E-state index contributed by atoms with van der Waals surface area (Å²) in [6.45, 7) is 6.37. The molecule has 1 aromatic carbocycles. The van der Waals surface area contributed by atoms with Crippen LogP contribution in [-0.4, -0.2) is 38.8 Å². The topological polar surface area (TPSA) is 59.6 Å². The molecular weight excluding hydrogens is 339 g/mol. The Morgan fingerprint density at radius 1 is 1.48 bits per heavy atom. The fourth-order valence-electron chi connectivity index (χ4n) is 2.29. The van der Waals surface area contributed by atoms with Crippen LogP contribution in [0.3, 0.4) is 0 Å². The van der Waals surface area contributed by atoms with E-state index in [0.717, 1.165) is 19.5 Å². The zero-order chi connectivity index (χ0) is 16.1. The average Bonchev–Trinajstić information content (AvgIpc) is 2.97. The predicted molar refractivity (Wildman–Crippen MR) is 94.3 cm³/mol. The summed E-state index contributed by atoms with van der Waals surface area (Å²) in [5.41, 5.74) is 0.477. The van der Waals surface area contributed by atoms with E-state index in [2.05, 4.69) is 24.5 Å². The van der Waals surface area contributed by atoms with E-state index < -0.39 is 0 Å². The number of nitrogens with one attached hydrogen (secondary N) is 2. The summed E-state index contributed by atoms with van der Waals surface area (Å²) >= 11 is 6.26. The molecule has 2 N–H and O–H groups in total. The number of benzene rings is 1. The van der Waals surface area contributed by atoms with Crippen LogP contribution >= 0.6 is 24.0 Å². The van der Waals surface area contributed by atoms with Gasteiger partial charge in [0.15, 0.2) is 11.5 Å². The number of carbonyl (C=O) groups is 1. The van der Waals surface area contributed by atoms with Gasteiger partial charge in [-0.1, -0.05) is 25.4 Å². The first-order valence-electron chi connectivity index (χ1n) is 7.53. The lowest BCUT2D eigenvalue weighted by Gasteiger charge is -2.16. The zero-order valence-electron chi connectivity index (χ0n) is 13.6. The SMILES string of the molecule is COc1cc(C(=O)NC2CCNC2)cc(Cl)c1OCC(C)C.Cl. The molecule has 1 amide bonds. The molecule has 0 radical (unpaired) electrons. The number of methoxy groups -OCH3 is 1. The molecule has 1 fully saturated rings. The van der Waals surface area contributed by atoms with Gasteiger partial charge in [0.05, 0.1) is 18.7 Å². The Hall–Kier alpha value is -1.17. The molecule has 1 saturated heterocycles. The zero-order valence-corrected chi connectivity index (χ0v) is 15.2. The first-order chi connectivity index (χ1) is 10.5. The number of ether oxygens (including phenoxy) is 2. The molecule has 0 bridgehead atoms. The van der Waals surface area contributed by atoms with Crippen LogP contribution in [0.15, 0.2) is 12.1 Å². The Labute approximate surface area is 148 Å². The molecule has 130 valence electrons. The van der Waals surface area contributed by atoms with Crippen LogP contribution in [0, 0.1) is 5.92 Å². The largest absolute Gasteiger partial charge is 0.493 e. The van der Waals surface area contributed by atoms with Crippen LogP contribution < -0.4 is 20.1 Å². The van der Waals surface area contributed by atoms with Crippen molar-refractivity contribution >= 4 is 29.9 Å². The molecule has 2 rings (SSSR count). The lowest BCUT2D eigenvalue weighted by Crippen LogP contribution is -2.36. The van der Waals surface area contributed by atoms with E-state index in [-0.39, 0.29) is 24.4 Å². The second kappa shape index (κ2) is 9.21. The predicted octanol–water partition coefficient (Wildman–Crippen LogP) is 2.90. The van der Waals surface area contributed by atoms with Crippen molar-refractivity contribution in [2.45, 2.75) is 26.3 Å². The van der Waals surface area contributed by atoms with Gasteiger partial charge in [0.2, 0.25) is 0 Å². The van der Waals surface area contributed by atoms with E-state index in [1.54, 1.807) is 12.1 Å². The number of amides is 1. The molecule has 1 aliphatic heterocycles. The maximum absolute atomic E-state index is 12.3. The van der Waals surface area contributed by atoms with E-state index in [9.17, 15) is 4.79 Å². The van der Waals surface area contributed by atoms with Crippen molar-refractivity contribution in [1.82, 2.24) is 10.6 Å². The van der Waals surface area contributed by atoms with Crippen molar-refractivity contribution in [3.05, 3.63) is 22.7 Å². The van der Waals surface area contributed by atoms with Gasteiger partial charge in [-0.15, -0.1) is 12.4 Å². The number of halogens is 2. The molecule has 0 saturated carbocycles. The summed E-state index contributed by atoms with van der Waals surface area (Å²) in [6.07, 6.45) is 0.937. The third-order valence-corrected chi connectivity index (χ3v) is 3.73. The summed E-state index contributed by atoms with van der Waals surface area (Å²) in [6, 6.07) is 3.45. The van der Waals surface area contributed by atoms with Crippen molar-refractivity contribution in [2.24, 2.45) is 5.92 Å². The summed E-state index contributed by atoms with van der Waals surface area (Å²) < 4.78 is 11.0. The summed E-state index contributed by atoms with van der Waals surface area (Å²) in [5, 5.41) is 6.58. The Bertz CT molecular complexity index is 532. The van der Waals surface area contributed by atoms with Crippen LogP contribution in [0.1, 0.15) is 30.6 Å². The van der Waals surface area contributed by atoms with Gasteiger partial charge < -0.3 is 20.1 Å². The van der Waals surface area contributed by atoms with Crippen LogP contribution in [-0.2, 0) is 0 Å². The van der Waals surface area contributed by atoms with Gasteiger partial charge in [-0.2, -0.15) is 0 Å². The van der Waals surface area contributed by atoms with E-state index >= 15 is 0 Å². The maximum Gasteiger partial charge on any atom is 0.251 e. The smallest absolute Gasteiger partial charge is 0.251 e. The van der Waals surface area contributed by atoms with Crippen molar-refractivity contribution < 1.29 is 14.3 Å². The van der Waals surface area contributed by atoms with Gasteiger partial charge in [-0.05, 0) is 31.0 Å². The third kappa shape index (κ3) is 5.44. The highest BCUT2D eigenvalue weighted by Gasteiger charge is 2.20. The first kappa shape index (κ1) is 19.9. The molecule has 0 spiro atoms. The molecule has 1 aliphatic rings. The van der Waals surface area contributed by atoms with Crippen LogP contribution in [0.5, 0.6) is 11.5 Å². The quantitative estimate of drug-likeness (QED) is 0.816. The van der Waals surface area contributed by atoms with Crippen molar-refractivity contribution in [3.63, 3.8) is 0 Å². The normalized spacial score (nSPS) is 16.8. The van der Waals surface area contributed by atoms with Crippen molar-refractivity contribution in [3.8, 4) is 11.5 Å². The lowest BCUT2D eigenvalue weighted by molar-refractivity contribution is 0.0939. The Morgan fingerprint density at radius 3 is 2.78 bits per heavy atom. The summed E-state index contributed by atoms with van der Waals surface area (Å²) in [5.74, 6) is 1.18. The molecule has 1 aromatic rings. The number of carbonyl (C=O) groups excluding carboxylic acids is 1. The molecule has 1 atom stereocenters. The van der Waals surface area contributed by atoms with Crippen molar-refractivity contribution in [1.29, 1.82) is 0 Å². The number of hydrogen-bond donors (Lipinski definition) is 2. The molecule has 7 heteroatoms. The number of hydrogen-bond acceptors (Lipinski definition) is 4. The van der Waals surface area contributed by atoms with Crippen LogP contribution in [0.25, 0.3) is 0 Å². The Balaban J connectivity index is 0.00000264. The molecule has 5 nitrogen and oxygen atoms in total. The van der Waals surface area contributed by atoms with E-state index in [1.807, 2.05) is 0 Å². The second-order valence-electron chi connectivity index (χ2n) is 5.86. The third-order valence-electron chi connectivity index (χ3n) is 3.45. The highest BCUT2D eigenvalue weighted by Crippen LogP contribution is 2.36. The van der Waals surface area contributed by atoms with Gasteiger partial charge >= 0.3 is 0 Å². The first-order valence-corrected chi connectivity index (χ1v) is 7.91. The van der Waals surface area contributed by atoms with Crippen LogP contribution in [0.4, 0.5) is 0 Å². The minimum absolute atomic E-state index is 0. The minimum atomic E-state index is -0.149. The fraction of sp³-hybridized carbons (Fsp3) is 0.562. The summed E-state index contributed by atoms with van der Waals surface area (Å²) in [7, 11) is 1.54. The van der Waals surface area contributed by atoms with Crippen LogP contribution in [0.2, 0.25) is 5.02 Å². The van der Waals surface area contributed by atoms with E-state index in [4.69, 9.17) is 21.1 Å². The molecule has 1 heterocycles. The summed E-state index contributed by atoms with van der Waals surface area (Å²) in [4.78, 5) is 12.3. The molecule has 0 aromatic heterocycles.